The van der Waals surface area contributed by atoms with E-state index >= 15 is 0 Å². The molecule has 1 aromatic rings. The Labute approximate surface area is 99.9 Å². The van der Waals surface area contributed by atoms with Crippen LogP contribution in [0.3, 0.4) is 0 Å². The largest absolute Gasteiger partial charge is 0.475 e. The fraction of sp³-hybridized carbons (Fsp3) is 0.545. The van der Waals surface area contributed by atoms with Crippen LogP contribution in [0, 0.1) is 6.92 Å². The third-order valence-corrected chi connectivity index (χ3v) is 2.86. The summed E-state index contributed by atoms with van der Waals surface area (Å²) in [7, 11) is 2.07. The van der Waals surface area contributed by atoms with Crippen LogP contribution in [0.15, 0.2) is 6.07 Å². The van der Waals surface area contributed by atoms with E-state index < -0.39 is 5.97 Å². The summed E-state index contributed by atoms with van der Waals surface area (Å²) in [5.74, 6) is -0.494. The summed E-state index contributed by atoms with van der Waals surface area (Å²) >= 11 is 0. The predicted octanol–water partition coefficient (Wildman–Crippen LogP) is 0.235. The van der Waals surface area contributed by atoms with Crippen LogP contribution in [0.4, 0.5) is 5.82 Å². The number of aromatic nitrogens is 2. The molecule has 0 radical (unpaired) electrons. The van der Waals surface area contributed by atoms with Crippen molar-refractivity contribution in [3.63, 3.8) is 0 Å². The molecule has 0 saturated carbocycles. The standard InChI is InChI=1S/C11H16N4O2/c1-8-7-9(13-10(12-8)11(16)17)15-5-3-14(2)4-6-15/h7H,3-6H2,1-2H3,(H,16,17). The van der Waals surface area contributed by atoms with Gasteiger partial charge in [-0.15, -0.1) is 0 Å². The molecule has 1 aliphatic rings. The van der Waals surface area contributed by atoms with Gasteiger partial charge < -0.3 is 14.9 Å². The summed E-state index contributed by atoms with van der Waals surface area (Å²) in [6, 6.07) is 1.83. The first-order valence-electron chi connectivity index (χ1n) is 5.59. The van der Waals surface area contributed by atoms with E-state index in [-0.39, 0.29) is 5.82 Å². The number of anilines is 1. The van der Waals surface area contributed by atoms with Gasteiger partial charge in [0.2, 0.25) is 5.82 Å². The van der Waals surface area contributed by atoms with E-state index in [1.54, 1.807) is 6.92 Å². The average molecular weight is 236 g/mol. The first-order chi connectivity index (χ1) is 8.06. The predicted molar refractivity (Wildman–Crippen MR) is 63.4 cm³/mol. The molecule has 1 aliphatic heterocycles. The molecule has 2 rings (SSSR count). The van der Waals surface area contributed by atoms with Crippen molar-refractivity contribution in [2.45, 2.75) is 6.92 Å². The maximum atomic E-state index is 10.9. The van der Waals surface area contributed by atoms with Crippen LogP contribution in [0.25, 0.3) is 0 Å². The lowest BCUT2D eigenvalue weighted by molar-refractivity contribution is 0.0683. The van der Waals surface area contributed by atoms with Crippen LogP contribution in [-0.4, -0.2) is 59.2 Å². The lowest BCUT2D eigenvalue weighted by Crippen LogP contribution is -2.45. The summed E-state index contributed by atoms with van der Waals surface area (Å²) in [5, 5.41) is 8.92. The highest BCUT2D eigenvalue weighted by atomic mass is 16.4. The van der Waals surface area contributed by atoms with Crippen molar-refractivity contribution in [3.05, 3.63) is 17.6 Å². The van der Waals surface area contributed by atoms with E-state index in [0.29, 0.717) is 11.5 Å². The van der Waals surface area contributed by atoms with Crippen LogP contribution < -0.4 is 4.90 Å². The van der Waals surface area contributed by atoms with Gasteiger partial charge in [0.15, 0.2) is 0 Å². The quantitative estimate of drug-likeness (QED) is 0.793. The fourth-order valence-corrected chi connectivity index (χ4v) is 1.85. The molecule has 0 atom stereocenters. The molecule has 92 valence electrons. The number of hydrogen-bond donors (Lipinski definition) is 1. The van der Waals surface area contributed by atoms with Crippen molar-refractivity contribution in [2.75, 3.05) is 38.1 Å². The Kier molecular flexibility index (Phi) is 3.23. The average Bonchev–Trinajstić information content (AvgIpc) is 2.29. The Morgan fingerprint density at radius 3 is 2.53 bits per heavy atom. The fourth-order valence-electron chi connectivity index (χ4n) is 1.85. The summed E-state index contributed by atoms with van der Waals surface area (Å²) in [5.41, 5.74) is 0.686. The molecular weight excluding hydrogens is 220 g/mol. The molecular formula is C11H16N4O2. The molecule has 1 fully saturated rings. The number of hydrogen-bond acceptors (Lipinski definition) is 5. The summed E-state index contributed by atoms with van der Waals surface area (Å²) in [4.78, 5) is 23.2. The van der Waals surface area contributed by atoms with Crippen molar-refractivity contribution >= 4 is 11.8 Å². The Balaban J connectivity index is 2.23. The molecule has 17 heavy (non-hydrogen) atoms. The third-order valence-electron chi connectivity index (χ3n) is 2.86. The second-order valence-corrected chi connectivity index (χ2v) is 4.29. The summed E-state index contributed by atoms with van der Waals surface area (Å²) in [6.45, 7) is 5.45. The lowest BCUT2D eigenvalue weighted by Gasteiger charge is -2.33. The highest BCUT2D eigenvalue weighted by molar-refractivity contribution is 5.83. The molecule has 1 saturated heterocycles. The maximum Gasteiger partial charge on any atom is 0.374 e. The molecule has 6 heteroatoms. The third kappa shape index (κ3) is 2.71. The maximum absolute atomic E-state index is 10.9. The molecule has 0 aliphatic carbocycles. The lowest BCUT2D eigenvalue weighted by atomic mass is 10.3. The molecule has 2 heterocycles. The van der Waals surface area contributed by atoms with E-state index in [1.807, 2.05) is 6.07 Å². The number of nitrogens with zero attached hydrogens (tertiary/aromatic N) is 4. The normalized spacial score (nSPS) is 17.2. The topological polar surface area (TPSA) is 69.6 Å². The molecule has 0 spiro atoms. The zero-order chi connectivity index (χ0) is 12.4. The second-order valence-electron chi connectivity index (χ2n) is 4.29. The summed E-state index contributed by atoms with van der Waals surface area (Å²) < 4.78 is 0. The first-order valence-corrected chi connectivity index (χ1v) is 5.59. The zero-order valence-electron chi connectivity index (χ0n) is 10.1. The second kappa shape index (κ2) is 4.67. The van der Waals surface area contributed by atoms with Crippen molar-refractivity contribution in [2.24, 2.45) is 0 Å². The van der Waals surface area contributed by atoms with E-state index in [0.717, 1.165) is 26.2 Å². The monoisotopic (exact) mass is 236 g/mol. The van der Waals surface area contributed by atoms with Crippen LogP contribution >= 0.6 is 0 Å². The minimum Gasteiger partial charge on any atom is -0.475 e. The van der Waals surface area contributed by atoms with Crippen molar-refractivity contribution in [3.8, 4) is 0 Å². The Morgan fingerprint density at radius 2 is 1.94 bits per heavy atom. The van der Waals surface area contributed by atoms with E-state index in [2.05, 4.69) is 26.8 Å². The van der Waals surface area contributed by atoms with Crippen molar-refractivity contribution in [1.82, 2.24) is 14.9 Å². The van der Waals surface area contributed by atoms with Gasteiger partial charge in [-0.2, -0.15) is 0 Å². The van der Waals surface area contributed by atoms with Gasteiger partial charge in [-0.05, 0) is 14.0 Å². The van der Waals surface area contributed by atoms with Gasteiger partial charge in [-0.25, -0.2) is 14.8 Å². The van der Waals surface area contributed by atoms with Gasteiger partial charge in [-0.3, -0.25) is 0 Å². The number of rotatable bonds is 2. The Hall–Kier alpha value is -1.69. The van der Waals surface area contributed by atoms with Crippen LogP contribution in [-0.2, 0) is 0 Å². The van der Waals surface area contributed by atoms with Crippen LogP contribution in [0.2, 0.25) is 0 Å². The van der Waals surface area contributed by atoms with Gasteiger partial charge in [0, 0.05) is 37.9 Å². The SMILES string of the molecule is Cc1cc(N2CCN(C)CC2)nc(C(=O)O)n1. The highest BCUT2D eigenvalue weighted by Crippen LogP contribution is 2.14. The van der Waals surface area contributed by atoms with E-state index in [9.17, 15) is 4.79 Å². The van der Waals surface area contributed by atoms with Crippen molar-refractivity contribution in [1.29, 1.82) is 0 Å². The molecule has 1 N–H and O–H groups in total. The molecule has 6 nitrogen and oxygen atoms in total. The van der Waals surface area contributed by atoms with Gasteiger partial charge in [0.25, 0.3) is 0 Å². The van der Waals surface area contributed by atoms with Crippen molar-refractivity contribution < 1.29 is 9.90 Å². The number of piperazine rings is 1. The molecule has 1 aromatic heterocycles. The van der Waals surface area contributed by atoms with Gasteiger partial charge >= 0.3 is 5.97 Å². The molecule has 0 aromatic carbocycles. The first kappa shape index (κ1) is 11.8. The minimum absolute atomic E-state index is 0.126. The van der Waals surface area contributed by atoms with Gasteiger partial charge in [0.1, 0.15) is 5.82 Å². The van der Waals surface area contributed by atoms with Crippen LogP contribution in [0.1, 0.15) is 16.3 Å². The van der Waals surface area contributed by atoms with E-state index in [4.69, 9.17) is 5.11 Å². The van der Waals surface area contributed by atoms with E-state index in [1.165, 1.54) is 0 Å². The van der Waals surface area contributed by atoms with Crippen LogP contribution in [0.5, 0.6) is 0 Å². The minimum atomic E-state index is -1.08. The molecule has 0 amide bonds. The number of aryl methyl sites for hydroxylation is 1. The zero-order valence-corrected chi connectivity index (χ0v) is 10.1. The molecule has 0 bridgehead atoms. The summed E-state index contributed by atoms with van der Waals surface area (Å²) in [6.07, 6.45) is 0. The number of aromatic carboxylic acids is 1. The highest BCUT2D eigenvalue weighted by Gasteiger charge is 2.18. The number of carboxylic acids is 1. The van der Waals surface area contributed by atoms with Gasteiger partial charge in [-0.1, -0.05) is 0 Å². The molecule has 0 unspecified atom stereocenters. The van der Waals surface area contributed by atoms with Gasteiger partial charge in [0.05, 0.1) is 0 Å². The Morgan fingerprint density at radius 1 is 1.29 bits per heavy atom. The number of carboxylic acid groups (broad SMARTS) is 1. The number of likely N-dealkylation sites (N-methyl/N-ethyl adjacent to an activating group) is 1. The Bertz CT molecular complexity index is 427. The number of carbonyl (C=O) groups is 1. The smallest absolute Gasteiger partial charge is 0.374 e.